The Labute approximate surface area is 142 Å². The first-order valence-electron chi connectivity index (χ1n) is 7.61. The topological polar surface area (TPSA) is 80.8 Å². The minimum absolute atomic E-state index is 0.0778. The van der Waals surface area contributed by atoms with E-state index in [0.29, 0.717) is 42.1 Å². The molecule has 0 spiro atoms. The summed E-state index contributed by atoms with van der Waals surface area (Å²) in [6, 6.07) is 5.39. The Kier molecular flexibility index (Phi) is 3.81. The molecule has 2 aromatic rings. The number of rotatable bonds is 3. The average molecular weight is 345 g/mol. The number of carbonyl (C=O) groups excluding carboxylic acids is 2. The van der Waals surface area contributed by atoms with Crippen molar-refractivity contribution >= 4 is 34.0 Å². The highest BCUT2D eigenvalue weighted by Gasteiger charge is 2.35. The van der Waals surface area contributed by atoms with E-state index in [2.05, 4.69) is 10.3 Å². The van der Waals surface area contributed by atoms with Crippen LogP contribution in [0.4, 0.5) is 10.8 Å². The fourth-order valence-electron chi connectivity index (χ4n) is 2.83. The van der Waals surface area contributed by atoms with Crippen LogP contribution in [-0.2, 0) is 9.59 Å². The molecule has 1 aromatic carbocycles. The van der Waals surface area contributed by atoms with Crippen molar-refractivity contribution in [2.75, 3.05) is 30.0 Å². The third-order valence-corrected chi connectivity index (χ3v) is 4.68. The minimum atomic E-state index is -0.394. The summed E-state index contributed by atoms with van der Waals surface area (Å²) in [6.45, 7) is 1.35. The Hall–Kier alpha value is -2.61. The highest BCUT2D eigenvalue weighted by atomic mass is 32.1. The maximum absolute atomic E-state index is 12.3. The summed E-state index contributed by atoms with van der Waals surface area (Å²) in [5.41, 5.74) is 0.716. The van der Waals surface area contributed by atoms with E-state index in [4.69, 9.17) is 9.47 Å². The zero-order valence-electron chi connectivity index (χ0n) is 12.7. The lowest BCUT2D eigenvalue weighted by molar-refractivity contribution is -0.122. The molecular formula is C16H15N3O4S. The maximum atomic E-state index is 12.3. The molecule has 1 saturated heterocycles. The van der Waals surface area contributed by atoms with E-state index >= 15 is 0 Å². The quantitative estimate of drug-likeness (QED) is 0.919. The molecule has 4 rings (SSSR count). The minimum Gasteiger partial charge on any atom is -0.486 e. The molecule has 1 N–H and O–H groups in total. The molecule has 0 aliphatic carbocycles. The van der Waals surface area contributed by atoms with E-state index in [9.17, 15) is 9.59 Å². The Morgan fingerprint density at radius 3 is 2.92 bits per heavy atom. The van der Waals surface area contributed by atoms with Gasteiger partial charge in [0.1, 0.15) is 13.2 Å². The van der Waals surface area contributed by atoms with Crippen LogP contribution in [0.25, 0.3) is 0 Å². The maximum Gasteiger partial charge on any atom is 0.231 e. The van der Waals surface area contributed by atoms with Crippen LogP contribution in [0.15, 0.2) is 29.8 Å². The van der Waals surface area contributed by atoms with Crippen molar-refractivity contribution in [2.24, 2.45) is 5.92 Å². The zero-order valence-corrected chi connectivity index (χ0v) is 13.5. The third kappa shape index (κ3) is 2.80. The van der Waals surface area contributed by atoms with Gasteiger partial charge in [0, 0.05) is 36.3 Å². The number of thiazole rings is 1. The van der Waals surface area contributed by atoms with Crippen LogP contribution in [0.1, 0.15) is 6.42 Å². The van der Waals surface area contributed by atoms with Crippen LogP contribution in [0.3, 0.4) is 0 Å². The summed E-state index contributed by atoms with van der Waals surface area (Å²) in [4.78, 5) is 30.3. The van der Waals surface area contributed by atoms with E-state index in [-0.39, 0.29) is 18.2 Å². The highest BCUT2D eigenvalue weighted by Crippen LogP contribution is 2.36. The number of aromatic nitrogens is 1. The van der Waals surface area contributed by atoms with E-state index in [1.54, 1.807) is 28.6 Å². The largest absolute Gasteiger partial charge is 0.486 e. The summed E-state index contributed by atoms with van der Waals surface area (Å²) >= 11 is 1.35. The number of hydrogen-bond acceptors (Lipinski definition) is 6. The number of anilines is 2. The summed E-state index contributed by atoms with van der Waals surface area (Å²) in [7, 11) is 0. The van der Waals surface area contributed by atoms with Gasteiger partial charge in [-0.05, 0) is 12.1 Å². The molecule has 24 heavy (non-hydrogen) atoms. The number of nitrogens with zero attached hydrogens (tertiary/aromatic N) is 2. The van der Waals surface area contributed by atoms with E-state index in [1.165, 1.54) is 11.3 Å². The van der Waals surface area contributed by atoms with Crippen molar-refractivity contribution in [2.45, 2.75) is 6.42 Å². The summed E-state index contributed by atoms with van der Waals surface area (Å²) < 4.78 is 11.0. The molecule has 0 bridgehead atoms. The van der Waals surface area contributed by atoms with Gasteiger partial charge in [-0.1, -0.05) is 0 Å². The standard InChI is InChI=1S/C16H15N3O4S/c20-14-7-10(15(21)18-16-17-3-6-24-16)9-19(14)11-1-2-12-13(8-11)23-5-4-22-12/h1-3,6,8,10H,4-5,7,9H2,(H,17,18,21)/t10-/m0/s1. The monoisotopic (exact) mass is 345 g/mol. The second-order valence-electron chi connectivity index (χ2n) is 5.56. The molecule has 2 aliphatic rings. The van der Waals surface area contributed by atoms with Gasteiger partial charge in [0.05, 0.1) is 5.92 Å². The molecule has 124 valence electrons. The Morgan fingerprint density at radius 1 is 1.29 bits per heavy atom. The van der Waals surface area contributed by atoms with Gasteiger partial charge in [0.15, 0.2) is 16.6 Å². The number of fused-ring (bicyclic) bond motifs is 1. The first-order valence-corrected chi connectivity index (χ1v) is 8.49. The number of ether oxygens (including phenoxy) is 2. The molecule has 1 aromatic heterocycles. The Bertz CT molecular complexity index is 778. The Balaban J connectivity index is 1.49. The molecule has 0 unspecified atom stereocenters. The van der Waals surface area contributed by atoms with Gasteiger partial charge in [-0.3, -0.25) is 9.59 Å². The van der Waals surface area contributed by atoms with E-state index in [1.807, 2.05) is 6.07 Å². The highest BCUT2D eigenvalue weighted by molar-refractivity contribution is 7.13. The predicted molar refractivity (Wildman–Crippen MR) is 88.6 cm³/mol. The van der Waals surface area contributed by atoms with Crippen molar-refractivity contribution in [3.05, 3.63) is 29.8 Å². The SMILES string of the molecule is O=C(Nc1nccs1)[C@H]1CC(=O)N(c2ccc3c(c2)OCCO3)C1. The van der Waals surface area contributed by atoms with Crippen molar-refractivity contribution < 1.29 is 19.1 Å². The van der Waals surface area contributed by atoms with Crippen molar-refractivity contribution in [1.82, 2.24) is 4.98 Å². The fourth-order valence-corrected chi connectivity index (χ4v) is 3.36. The number of nitrogens with one attached hydrogen (secondary N) is 1. The first kappa shape index (κ1) is 14.9. The lowest BCUT2D eigenvalue weighted by Gasteiger charge is -2.22. The van der Waals surface area contributed by atoms with Gasteiger partial charge < -0.3 is 19.7 Å². The second-order valence-corrected chi connectivity index (χ2v) is 6.45. The lowest BCUT2D eigenvalue weighted by atomic mass is 10.1. The molecule has 1 atom stereocenters. The third-order valence-electron chi connectivity index (χ3n) is 4.00. The molecule has 3 heterocycles. The summed E-state index contributed by atoms with van der Waals surface area (Å²) in [5.74, 6) is 0.649. The zero-order chi connectivity index (χ0) is 16.5. The molecule has 1 fully saturated rings. The molecule has 8 heteroatoms. The van der Waals surface area contributed by atoms with Crippen molar-refractivity contribution in [1.29, 1.82) is 0 Å². The van der Waals surface area contributed by atoms with Crippen LogP contribution in [0, 0.1) is 5.92 Å². The fraction of sp³-hybridized carbons (Fsp3) is 0.312. The molecular weight excluding hydrogens is 330 g/mol. The molecule has 7 nitrogen and oxygen atoms in total. The van der Waals surface area contributed by atoms with Gasteiger partial charge in [-0.15, -0.1) is 11.3 Å². The van der Waals surface area contributed by atoms with E-state index < -0.39 is 5.92 Å². The number of amides is 2. The first-order chi connectivity index (χ1) is 11.7. The normalized spacial score (nSPS) is 19.4. The molecule has 0 saturated carbocycles. The number of carbonyl (C=O) groups is 2. The van der Waals surface area contributed by atoms with Gasteiger partial charge in [0.2, 0.25) is 11.8 Å². The van der Waals surface area contributed by atoms with Gasteiger partial charge >= 0.3 is 0 Å². The van der Waals surface area contributed by atoms with Crippen LogP contribution >= 0.6 is 11.3 Å². The summed E-state index contributed by atoms with van der Waals surface area (Å²) in [5, 5.41) is 5.09. The van der Waals surface area contributed by atoms with Gasteiger partial charge in [0.25, 0.3) is 0 Å². The van der Waals surface area contributed by atoms with Crippen LogP contribution in [0.5, 0.6) is 11.5 Å². The average Bonchev–Trinajstić information content (AvgIpc) is 3.24. The molecule has 2 amide bonds. The van der Waals surface area contributed by atoms with Crippen LogP contribution in [-0.4, -0.2) is 36.6 Å². The number of hydrogen-bond donors (Lipinski definition) is 1. The van der Waals surface area contributed by atoms with E-state index in [0.717, 1.165) is 0 Å². The molecule has 2 aliphatic heterocycles. The van der Waals surface area contributed by atoms with Crippen LogP contribution < -0.4 is 19.7 Å². The molecule has 0 radical (unpaired) electrons. The van der Waals surface area contributed by atoms with Crippen molar-refractivity contribution in [3.63, 3.8) is 0 Å². The predicted octanol–water partition coefficient (Wildman–Crippen LogP) is 1.91. The van der Waals surface area contributed by atoms with Gasteiger partial charge in [-0.2, -0.15) is 0 Å². The smallest absolute Gasteiger partial charge is 0.231 e. The lowest BCUT2D eigenvalue weighted by Crippen LogP contribution is -2.28. The second kappa shape index (κ2) is 6.12. The van der Waals surface area contributed by atoms with Crippen LogP contribution in [0.2, 0.25) is 0 Å². The number of benzene rings is 1. The van der Waals surface area contributed by atoms with Crippen molar-refractivity contribution in [3.8, 4) is 11.5 Å². The van der Waals surface area contributed by atoms with Gasteiger partial charge in [-0.25, -0.2) is 4.98 Å². The summed E-state index contributed by atoms with van der Waals surface area (Å²) in [6.07, 6.45) is 1.81. The Morgan fingerprint density at radius 2 is 2.12 bits per heavy atom.